The summed E-state index contributed by atoms with van der Waals surface area (Å²) in [6, 6.07) is 19.8. The summed E-state index contributed by atoms with van der Waals surface area (Å²) in [4.78, 5) is 0. The standard InChI is InChI=1S/C29H30F2O2/c1-3-18-32-27-17-16-26(28(30)29(27)31)24-10-6-21(7-11-24)19-33-25-14-12-23(13-15-25)22-8-4-20(2)5-9-22/h3-5,8-9,12-18,21,24H,6-7,10-11,19H2,1-2H3/b18-3+. The Morgan fingerprint density at radius 3 is 2.09 bits per heavy atom. The molecule has 0 amide bonds. The first kappa shape index (κ1) is 23.0. The van der Waals surface area contributed by atoms with Crippen LogP contribution < -0.4 is 9.47 Å². The summed E-state index contributed by atoms with van der Waals surface area (Å²) in [6.07, 6.45) is 6.50. The summed E-state index contributed by atoms with van der Waals surface area (Å²) >= 11 is 0. The first-order chi connectivity index (χ1) is 16.0. The highest BCUT2D eigenvalue weighted by Gasteiger charge is 2.27. The van der Waals surface area contributed by atoms with E-state index in [1.165, 1.54) is 29.0 Å². The van der Waals surface area contributed by atoms with E-state index in [2.05, 4.69) is 43.3 Å². The Kier molecular flexibility index (Phi) is 7.43. The molecule has 1 fully saturated rings. The van der Waals surface area contributed by atoms with Gasteiger partial charge in [0.1, 0.15) is 5.75 Å². The fraction of sp³-hybridized carbons (Fsp3) is 0.310. The van der Waals surface area contributed by atoms with Crippen LogP contribution in [-0.2, 0) is 0 Å². The van der Waals surface area contributed by atoms with Crippen LogP contribution in [0.1, 0.15) is 49.7 Å². The van der Waals surface area contributed by atoms with Gasteiger partial charge < -0.3 is 9.47 Å². The quantitative estimate of drug-likeness (QED) is 0.339. The van der Waals surface area contributed by atoms with Gasteiger partial charge in [0.25, 0.3) is 0 Å². The van der Waals surface area contributed by atoms with Crippen molar-refractivity contribution in [2.24, 2.45) is 5.92 Å². The average Bonchev–Trinajstić information content (AvgIpc) is 2.85. The molecule has 0 radical (unpaired) electrons. The van der Waals surface area contributed by atoms with Crippen molar-refractivity contribution in [3.8, 4) is 22.6 Å². The maximum absolute atomic E-state index is 14.6. The average molecular weight is 449 g/mol. The van der Waals surface area contributed by atoms with Crippen LogP contribution >= 0.6 is 0 Å². The summed E-state index contributed by atoms with van der Waals surface area (Å²) in [5.74, 6) is -0.471. The van der Waals surface area contributed by atoms with Crippen LogP contribution in [0.2, 0.25) is 0 Å². The third kappa shape index (κ3) is 5.62. The third-order valence-corrected chi connectivity index (χ3v) is 6.42. The van der Waals surface area contributed by atoms with E-state index in [0.29, 0.717) is 18.1 Å². The summed E-state index contributed by atoms with van der Waals surface area (Å²) in [6.45, 7) is 4.48. The van der Waals surface area contributed by atoms with Gasteiger partial charge in [0, 0.05) is 0 Å². The summed E-state index contributed by atoms with van der Waals surface area (Å²) in [7, 11) is 0. The summed E-state index contributed by atoms with van der Waals surface area (Å²) < 4.78 is 40.1. The van der Waals surface area contributed by atoms with Crippen molar-refractivity contribution in [3.63, 3.8) is 0 Å². The second-order valence-electron chi connectivity index (χ2n) is 8.79. The monoisotopic (exact) mass is 448 g/mol. The molecule has 3 aromatic rings. The Bertz CT molecular complexity index is 1080. The van der Waals surface area contributed by atoms with Gasteiger partial charge in [0.05, 0.1) is 12.9 Å². The van der Waals surface area contributed by atoms with Crippen LogP contribution in [0, 0.1) is 24.5 Å². The van der Waals surface area contributed by atoms with Gasteiger partial charge >= 0.3 is 0 Å². The topological polar surface area (TPSA) is 18.5 Å². The molecule has 4 heteroatoms. The highest BCUT2D eigenvalue weighted by Crippen LogP contribution is 2.39. The number of benzene rings is 3. The first-order valence-corrected chi connectivity index (χ1v) is 11.6. The highest BCUT2D eigenvalue weighted by molar-refractivity contribution is 5.64. The molecule has 33 heavy (non-hydrogen) atoms. The minimum Gasteiger partial charge on any atom is -0.493 e. The highest BCUT2D eigenvalue weighted by atomic mass is 19.2. The molecule has 3 aromatic carbocycles. The fourth-order valence-corrected chi connectivity index (χ4v) is 4.44. The van der Waals surface area contributed by atoms with E-state index in [4.69, 9.17) is 9.47 Å². The lowest BCUT2D eigenvalue weighted by atomic mass is 9.79. The van der Waals surface area contributed by atoms with E-state index < -0.39 is 11.6 Å². The van der Waals surface area contributed by atoms with Gasteiger partial charge in [-0.25, -0.2) is 4.39 Å². The largest absolute Gasteiger partial charge is 0.493 e. The lowest BCUT2D eigenvalue weighted by molar-refractivity contribution is 0.199. The molecule has 1 aliphatic carbocycles. The molecule has 1 saturated carbocycles. The molecule has 0 aromatic heterocycles. The van der Waals surface area contributed by atoms with Crippen molar-refractivity contribution in [3.05, 3.63) is 95.8 Å². The number of hydrogen-bond acceptors (Lipinski definition) is 2. The van der Waals surface area contributed by atoms with Crippen molar-refractivity contribution >= 4 is 0 Å². The number of halogens is 2. The van der Waals surface area contributed by atoms with Gasteiger partial charge in [0.15, 0.2) is 11.6 Å². The maximum atomic E-state index is 14.6. The van der Waals surface area contributed by atoms with Crippen LogP contribution in [0.15, 0.2) is 73.0 Å². The first-order valence-electron chi connectivity index (χ1n) is 11.6. The number of rotatable bonds is 7. The van der Waals surface area contributed by atoms with Crippen molar-refractivity contribution in [1.29, 1.82) is 0 Å². The Hall–Kier alpha value is -3.14. The lowest BCUT2D eigenvalue weighted by Crippen LogP contribution is -2.20. The Morgan fingerprint density at radius 1 is 0.818 bits per heavy atom. The number of allylic oxidation sites excluding steroid dienone is 1. The molecule has 2 nitrogen and oxygen atoms in total. The maximum Gasteiger partial charge on any atom is 0.201 e. The number of ether oxygens (including phenoxy) is 2. The Morgan fingerprint density at radius 2 is 1.45 bits per heavy atom. The molecule has 0 atom stereocenters. The molecule has 4 rings (SSSR count). The van der Waals surface area contributed by atoms with E-state index in [-0.39, 0.29) is 11.7 Å². The summed E-state index contributed by atoms with van der Waals surface area (Å²) in [5, 5.41) is 0. The third-order valence-electron chi connectivity index (χ3n) is 6.42. The smallest absolute Gasteiger partial charge is 0.201 e. The van der Waals surface area contributed by atoms with Crippen molar-refractivity contribution in [2.45, 2.75) is 45.4 Å². The van der Waals surface area contributed by atoms with Crippen LogP contribution in [0.25, 0.3) is 11.1 Å². The molecule has 172 valence electrons. The van der Waals surface area contributed by atoms with Crippen LogP contribution in [-0.4, -0.2) is 6.61 Å². The zero-order valence-corrected chi connectivity index (χ0v) is 19.2. The lowest BCUT2D eigenvalue weighted by Gasteiger charge is -2.29. The van der Waals surface area contributed by atoms with Gasteiger partial charge in [-0.05, 0) is 86.3 Å². The predicted molar refractivity (Wildman–Crippen MR) is 129 cm³/mol. The molecular weight excluding hydrogens is 418 g/mol. The zero-order valence-electron chi connectivity index (χ0n) is 19.2. The van der Waals surface area contributed by atoms with Crippen LogP contribution in [0.4, 0.5) is 8.78 Å². The van der Waals surface area contributed by atoms with Crippen LogP contribution in [0.3, 0.4) is 0 Å². The van der Waals surface area contributed by atoms with E-state index in [1.807, 2.05) is 12.1 Å². The van der Waals surface area contributed by atoms with E-state index >= 15 is 0 Å². The molecule has 0 saturated heterocycles. The molecule has 0 aliphatic heterocycles. The van der Waals surface area contributed by atoms with Crippen molar-refractivity contribution in [1.82, 2.24) is 0 Å². The molecule has 0 heterocycles. The summed E-state index contributed by atoms with van der Waals surface area (Å²) in [5.41, 5.74) is 4.05. The zero-order chi connectivity index (χ0) is 23.2. The van der Waals surface area contributed by atoms with Gasteiger partial charge in [-0.3, -0.25) is 0 Å². The molecular formula is C29H30F2O2. The minimum atomic E-state index is -0.912. The second kappa shape index (κ2) is 10.7. The van der Waals surface area contributed by atoms with Gasteiger partial charge in [-0.1, -0.05) is 54.1 Å². The predicted octanol–water partition coefficient (Wildman–Crippen LogP) is 8.21. The molecule has 0 spiro atoms. The molecule has 1 aliphatic rings. The molecule has 0 N–H and O–H groups in total. The Labute approximate surface area is 194 Å². The number of aryl methyl sites for hydroxylation is 1. The van der Waals surface area contributed by atoms with Gasteiger partial charge in [-0.2, -0.15) is 4.39 Å². The minimum absolute atomic E-state index is 0.0281. The molecule has 0 bridgehead atoms. The van der Waals surface area contributed by atoms with Crippen LogP contribution in [0.5, 0.6) is 11.5 Å². The van der Waals surface area contributed by atoms with E-state index in [0.717, 1.165) is 31.4 Å². The molecule has 0 unspecified atom stereocenters. The SMILES string of the molecule is C/C=C/Oc1ccc(C2CCC(COc3ccc(-c4ccc(C)cc4)cc3)CC2)c(F)c1F. The van der Waals surface area contributed by atoms with E-state index in [9.17, 15) is 8.78 Å². The normalized spacial score (nSPS) is 18.4. The Balaban J connectivity index is 1.29. The second-order valence-corrected chi connectivity index (χ2v) is 8.79. The fourth-order valence-electron chi connectivity index (χ4n) is 4.44. The van der Waals surface area contributed by atoms with Crippen molar-refractivity contribution in [2.75, 3.05) is 6.61 Å². The number of hydrogen-bond donors (Lipinski definition) is 0. The van der Waals surface area contributed by atoms with Gasteiger partial charge in [0.2, 0.25) is 5.82 Å². The van der Waals surface area contributed by atoms with Crippen molar-refractivity contribution < 1.29 is 18.3 Å². The van der Waals surface area contributed by atoms with E-state index in [1.54, 1.807) is 19.1 Å². The van der Waals surface area contributed by atoms with Gasteiger partial charge in [-0.15, -0.1) is 0 Å².